The largest absolute Gasteiger partial charge is 0.494 e. The molecule has 1 unspecified atom stereocenters. The SMILES string of the molecule is COCc1cnc(C)c(OC)c1C1CCCN1. The van der Waals surface area contributed by atoms with Crippen LogP contribution in [0, 0.1) is 6.92 Å². The van der Waals surface area contributed by atoms with Crippen LogP contribution >= 0.6 is 0 Å². The van der Waals surface area contributed by atoms with Gasteiger partial charge in [-0.1, -0.05) is 0 Å². The lowest BCUT2D eigenvalue weighted by molar-refractivity contribution is 0.182. The first-order valence-corrected chi connectivity index (χ1v) is 6.02. The highest BCUT2D eigenvalue weighted by Crippen LogP contribution is 2.35. The Hall–Kier alpha value is -1.13. The molecule has 2 rings (SSSR count). The third-order valence-electron chi connectivity index (χ3n) is 3.25. The number of ether oxygens (including phenoxy) is 2. The third kappa shape index (κ3) is 2.42. The van der Waals surface area contributed by atoms with E-state index in [9.17, 15) is 0 Å². The van der Waals surface area contributed by atoms with E-state index in [1.807, 2.05) is 13.1 Å². The fourth-order valence-corrected chi connectivity index (χ4v) is 2.48. The first-order valence-electron chi connectivity index (χ1n) is 6.02. The number of hydrogen-bond donors (Lipinski definition) is 1. The molecular formula is C13H20N2O2. The van der Waals surface area contributed by atoms with Crippen molar-refractivity contribution in [2.75, 3.05) is 20.8 Å². The van der Waals surface area contributed by atoms with Gasteiger partial charge in [0.1, 0.15) is 5.75 Å². The molecule has 0 amide bonds. The lowest BCUT2D eigenvalue weighted by Gasteiger charge is -2.20. The monoisotopic (exact) mass is 236 g/mol. The first kappa shape index (κ1) is 12.3. The van der Waals surface area contributed by atoms with Gasteiger partial charge in [0.15, 0.2) is 0 Å². The van der Waals surface area contributed by atoms with Gasteiger partial charge in [-0.2, -0.15) is 0 Å². The lowest BCUT2D eigenvalue weighted by Crippen LogP contribution is -2.17. The minimum absolute atomic E-state index is 0.372. The molecule has 0 aromatic carbocycles. The number of rotatable bonds is 4. The molecule has 2 heterocycles. The Balaban J connectivity index is 2.45. The number of pyridine rings is 1. The van der Waals surface area contributed by atoms with Gasteiger partial charge in [-0.05, 0) is 26.3 Å². The van der Waals surface area contributed by atoms with Crippen molar-refractivity contribution in [2.45, 2.75) is 32.4 Å². The quantitative estimate of drug-likeness (QED) is 0.868. The number of methoxy groups -OCH3 is 2. The van der Waals surface area contributed by atoms with E-state index in [0.29, 0.717) is 12.6 Å². The summed E-state index contributed by atoms with van der Waals surface area (Å²) in [5, 5.41) is 3.51. The van der Waals surface area contributed by atoms with Gasteiger partial charge < -0.3 is 14.8 Å². The average molecular weight is 236 g/mol. The summed E-state index contributed by atoms with van der Waals surface area (Å²) in [7, 11) is 3.41. The molecule has 1 fully saturated rings. The summed E-state index contributed by atoms with van der Waals surface area (Å²) in [4.78, 5) is 4.37. The maximum Gasteiger partial charge on any atom is 0.145 e. The summed E-state index contributed by atoms with van der Waals surface area (Å²) in [5.74, 6) is 0.902. The van der Waals surface area contributed by atoms with Crippen LogP contribution in [0.5, 0.6) is 5.75 Å². The number of nitrogens with one attached hydrogen (secondary N) is 1. The molecule has 1 aliphatic heterocycles. The molecule has 17 heavy (non-hydrogen) atoms. The molecule has 1 N–H and O–H groups in total. The Bertz CT molecular complexity index is 387. The van der Waals surface area contributed by atoms with Crippen molar-refractivity contribution in [2.24, 2.45) is 0 Å². The van der Waals surface area contributed by atoms with Gasteiger partial charge in [0.2, 0.25) is 0 Å². The third-order valence-corrected chi connectivity index (χ3v) is 3.25. The Morgan fingerprint density at radius 3 is 2.88 bits per heavy atom. The van der Waals surface area contributed by atoms with Crippen molar-refractivity contribution in [3.8, 4) is 5.75 Å². The van der Waals surface area contributed by atoms with Crippen LogP contribution in [0.15, 0.2) is 6.20 Å². The summed E-state index contributed by atoms with van der Waals surface area (Å²) in [6.07, 6.45) is 4.26. The number of aromatic nitrogens is 1. The molecule has 0 radical (unpaired) electrons. The van der Waals surface area contributed by atoms with Crippen LogP contribution in [0.25, 0.3) is 0 Å². The smallest absolute Gasteiger partial charge is 0.145 e. The van der Waals surface area contributed by atoms with Crippen molar-refractivity contribution >= 4 is 0 Å². The van der Waals surface area contributed by atoms with E-state index in [1.165, 1.54) is 12.0 Å². The second-order valence-corrected chi connectivity index (χ2v) is 4.40. The standard InChI is InChI=1S/C13H20N2O2/c1-9-13(17-3)12(11-5-4-6-14-11)10(7-15-9)8-16-2/h7,11,14H,4-6,8H2,1-3H3. The molecule has 0 bridgehead atoms. The summed E-state index contributed by atoms with van der Waals surface area (Å²) < 4.78 is 10.8. The van der Waals surface area contributed by atoms with Crippen LogP contribution in [0.4, 0.5) is 0 Å². The Morgan fingerprint density at radius 2 is 2.29 bits per heavy atom. The predicted molar refractivity (Wildman–Crippen MR) is 66.2 cm³/mol. The highest BCUT2D eigenvalue weighted by molar-refractivity contribution is 5.44. The molecule has 1 aromatic heterocycles. The van der Waals surface area contributed by atoms with E-state index in [2.05, 4.69) is 10.3 Å². The molecule has 1 aliphatic rings. The fourth-order valence-electron chi connectivity index (χ4n) is 2.48. The minimum Gasteiger partial charge on any atom is -0.494 e. The molecule has 1 atom stereocenters. The summed E-state index contributed by atoms with van der Waals surface area (Å²) in [5.41, 5.74) is 3.28. The predicted octanol–water partition coefficient (Wildman–Crippen LogP) is 1.97. The number of hydrogen-bond acceptors (Lipinski definition) is 4. The zero-order valence-electron chi connectivity index (χ0n) is 10.7. The van der Waals surface area contributed by atoms with Crippen molar-refractivity contribution < 1.29 is 9.47 Å². The molecule has 4 nitrogen and oxygen atoms in total. The molecule has 1 saturated heterocycles. The van der Waals surface area contributed by atoms with Gasteiger partial charge >= 0.3 is 0 Å². The van der Waals surface area contributed by atoms with Crippen LogP contribution in [-0.2, 0) is 11.3 Å². The summed E-state index contributed by atoms with van der Waals surface area (Å²) in [6.45, 7) is 3.63. The van der Waals surface area contributed by atoms with Crippen LogP contribution in [0.1, 0.15) is 35.7 Å². The normalized spacial score (nSPS) is 19.6. The van der Waals surface area contributed by atoms with E-state index < -0.39 is 0 Å². The van der Waals surface area contributed by atoms with Crippen molar-refractivity contribution in [3.05, 3.63) is 23.0 Å². The highest BCUT2D eigenvalue weighted by atomic mass is 16.5. The van der Waals surface area contributed by atoms with Gasteiger partial charge in [0, 0.05) is 30.5 Å². The van der Waals surface area contributed by atoms with Crippen LogP contribution in [-0.4, -0.2) is 25.7 Å². The molecular weight excluding hydrogens is 216 g/mol. The zero-order valence-corrected chi connectivity index (χ0v) is 10.7. The zero-order chi connectivity index (χ0) is 12.3. The molecule has 94 valence electrons. The van der Waals surface area contributed by atoms with Gasteiger partial charge in [0.05, 0.1) is 19.4 Å². The summed E-state index contributed by atoms with van der Waals surface area (Å²) in [6, 6.07) is 0.372. The van der Waals surface area contributed by atoms with Crippen molar-refractivity contribution in [3.63, 3.8) is 0 Å². The average Bonchev–Trinajstić information content (AvgIpc) is 2.84. The van der Waals surface area contributed by atoms with Gasteiger partial charge in [-0.3, -0.25) is 4.98 Å². The Labute approximate surface area is 102 Å². The Kier molecular flexibility index (Phi) is 3.97. The van der Waals surface area contributed by atoms with Gasteiger partial charge in [-0.15, -0.1) is 0 Å². The number of nitrogens with zero attached hydrogens (tertiary/aromatic N) is 1. The van der Waals surface area contributed by atoms with E-state index >= 15 is 0 Å². The van der Waals surface area contributed by atoms with Crippen LogP contribution in [0.3, 0.4) is 0 Å². The maximum atomic E-state index is 5.52. The van der Waals surface area contributed by atoms with E-state index in [1.54, 1.807) is 14.2 Å². The molecule has 0 spiro atoms. The summed E-state index contributed by atoms with van der Waals surface area (Å²) >= 11 is 0. The fraction of sp³-hybridized carbons (Fsp3) is 0.615. The first-order chi connectivity index (χ1) is 8.27. The van der Waals surface area contributed by atoms with Crippen molar-refractivity contribution in [1.29, 1.82) is 0 Å². The topological polar surface area (TPSA) is 43.4 Å². The highest BCUT2D eigenvalue weighted by Gasteiger charge is 2.24. The second kappa shape index (κ2) is 5.47. The van der Waals surface area contributed by atoms with E-state index in [0.717, 1.165) is 30.0 Å². The molecule has 1 aromatic rings. The molecule has 4 heteroatoms. The van der Waals surface area contributed by atoms with Gasteiger partial charge in [-0.25, -0.2) is 0 Å². The van der Waals surface area contributed by atoms with Crippen LogP contribution < -0.4 is 10.1 Å². The number of aryl methyl sites for hydroxylation is 1. The minimum atomic E-state index is 0.372. The van der Waals surface area contributed by atoms with E-state index in [-0.39, 0.29) is 0 Å². The maximum absolute atomic E-state index is 5.52. The van der Waals surface area contributed by atoms with Crippen molar-refractivity contribution in [1.82, 2.24) is 10.3 Å². The van der Waals surface area contributed by atoms with Gasteiger partial charge in [0.25, 0.3) is 0 Å². The van der Waals surface area contributed by atoms with Crippen LogP contribution in [0.2, 0.25) is 0 Å². The van der Waals surface area contributed by atoms with E-state index in [4.69, 9.17) is 9.47 Å². The lowest BCUT2D eigenvalue weighted by atomic mass is 9.99. The second-order valence-electron chi connectivity index (χ2n) is 4.40. The molecule has 0 saturated carbocycles. The molecule has 0 aliphatic carbocycles. The Morgan fingerprint density at radius 1 is 1.47 bits per heavy atom.